The normalized spacial score (nSPS) is 10.6. The van der Waals surface area contributed by atoms with Gasteiger partial charge in [0.25, 0.3) is 0 Å². The topological polar surface area (TPSA) is 37.3 Å². The van der Waals surface area contributed by atoms with Crippen LogP contribution in [0.2, 0.25) is 0 Å². The van der Waals surface area contributed by atoms with Gasteiger partial charge in [0.2, 0.25) is 0 Å². The standard InChI is InChI=1S/C16H30O2.Li.H/c1-2-3-4-5-6-7-8-9-10-11-12-13-14-15-16(17)18;;/h7-8H,2-6,9-15H2,1H3,(H,17,18);;/q;+1;-1. The van der Waals surface area contributed by atoms with Crippen LogP contribution in [-0.2, 0) is 4.79 Å². The molecule has 0 rings (SSSR count). The number of carbonyl (C=O) groups is 1. The van der Waals surface area contributed by atoms with Crippen LogP contribution in [0.25, 0.3) is 0 Å². The Morgan fingerprint density at radius 1 is 0.895 bits per heavy atom. The zero-order valence-corrected chi connectivity index (χ0v) is 13.0. The largest absolute Gasteiger partial charge is 1.00 e. The molecule has 0 radical (unpaired) electrons. The van der Waals surface area contributed by atoms with E-state index in [1.54, 1.807) is 0 Å². The number of carboxylic acids is 1. The molecule has 0 saturated heterocycles. The van der Waals surface area contributed by atoms with E-state index in [9.17, 15) is 4.79 Å². The Kier molecular flexibility index (Phi) is 19.8. The van der Waals surface area contributed by atoms with Crippen molar-refractivity contribution < 1.29 is 30.2 Å². The van der Waals surface area contributed by atoms with Crippen molar-refractivity contribution in [2.24, 2.45) is 0 Å². The number of aliphatic carboxylic acids is 1. The maximum atomic E-state index is 10.3. The van der Waals surface area contributed by atoms with Gasteiger partial charge in [0.15, 0.2) is 0 Å². The molecular formula is C16H31LiO2. The number of unbranched alkanes of at least 4 members (excludes halogenated alkanes) is 9. The van der Waals surface area contributed by atoms with Crippen molar-refractivity contribution in [1.82, 2.24) is 0 Å². The SMILES string of the molecule is CCCCCCC=CCCCCCCCC(=O)O.[H-].[Li+]. The Bertz CT molecular complexity index is 221. The molecule has 0 aliphatic heterocycles. The number of hydrogen-bond acceptors (Lipinski definition) is 1. The van der Waals surface area contributed by atoms with E-state index in [2.05, 4.69) is 19.1 Å². The molecule has 0 amide bonds. The Hall–Kier alpha value is -0.193. The smallest absolute Gasteiger partial charge is 1.00 e. The second kappa shape index (κ2) is 17.8. The minimum Gasteiger partial charge on any atom is -1.00 e. The van der Waals surface area contributed by atoms with Crippen molar-refractivity contribution in [2.45, 2.75) is 84.0 Å². The van der Waals surface area contributed by atoms with Gasteiger partial charge in [-0.25, -0.2) is 0 Å². The van der Waals surface area contributed by atoms with Gasteiger partial charge >= 0.3 is 24.8 Å². The second-order valence-electron chi connectivity index (χ2n) is 5.02. The first-order chi connectivity index (χ1) is 8.77. The fourth-order valence-corrected chi connectivity index (χ4v) is 1.99. The molecule has 0 unspecified atom stereocenters. The van der Waals surface area contributed by atoms with Gasteiger partial charge < -0.3 is 6.53 Å². The molecule has 19 heavy (non-hydrogen) atoms. The monoisotopic (exact) mass is 262 g/mol. The van der Waals surface area contributed by atoms with E-state index < -0.39 is 5.97 Å². The Balaban J connectivity index is -0.00000144. The van der Waals surface area contributed by atoms with Crippen molar-refractivity contribution >= 4 is 5.97 Å². The van der Waals surface area contributed by atoms with Crippen molar-refractivity contribution in [3.8, 4) is 0 Å². The van der Waals surface area contributed by atoms with E-state index >= 15 is 0 Å². The fourth-order valence-electron chi connectivity index (χ4n) is 1.99. The van der Waals surface area contributed by atoms with Gasteiger partial charge in [-0.15, -0.1) is 0 Å². The third-order valence-electron chi connectivity index (χ3n) is 3.15. The summed E-state index contributed by atoms with van der Waals surface area (Å²) >= 11 is 0. The van der Waals surface area contributed by atoms with Crippen LogP contribution in [0.15, 0.2) is 12.2 Å². The van der Waals surface area contributed by atoms with Crippen LogP contribution < -0.4 is 18.9 Å². The number of allylic oxidation sites excluding steroid dienone is 2. The first-order valence-corrected chi connectivity index (χ1v) is 7.64. The molecule has 0 spiro atoms. The summed E-state index contributed by atoms with van der Waals surface area (Å²) in [5.41, 5.74) is 0. The second-order valence-corrected chi connectivity index (χ2v) is 5.02. The Morgan fingerprint density at radius 2 is 1.37 bits per heavy atom. The van der Waals surface area contributed by atoms with Crippen molar-refractivity contribution in [3.63, 3.8) is 0 Å². The molecule has 0 bridgehead atoms. The number of carboxylic acid groups (broad SMARTS) is 1. The first kappa shape index (κ1) is 21.1. The minimum absolute atomic E-state index is 0. The summed E-state index contributed by atoms with van der Waals surface area (Å²) < 4.78 is 0. The summed E-state index contributed by atoms with van der Waals surface area (Å²) in [7, 11) is 0. The van der Waals surface area contributed by atoms with E-state index in [0.717, 1.165) is 12.8 Å². The average molecular weight is 262 g/mol. The van der Waals surface area contributed by atoms with E-state index in [4.69, 9.17) is 5.11 Å². The van der Waals surface area contributed by atoms with Gasteiger partial charge in [0.05, 0.1) is 0 Å². The maximum Gasteiger partial charge on any atom is 1.00 e. The molecule has 0 aromatic rings. The summed E-state index contributed by atoms with van der Waals surface area (Å²) in [5.74, 6) is -0.666. The number of hydrogen-bond donors (Lipinski definition) is 1. The van der Waals surface area contributed by atoms with Crippen LogP contribution in [0.1, 0.15) is 85.4 Å². The van der Waals surface area contributed by atoms with Gasteiger partial charge in [-0.05, 0) is 32.1 Å². The molecule has 0 aromatic carbocycles. The molecule has 0 aliphatic rings. The molecule has 0 atom stereocenters. The van der Waals surface area contributed by atoms with Crippen LogP contribution in [-0.4, -0.2) is 11.1 Å². The van der Waals surface area contributed by atoms with E-state index in [-0.39, 0.29) is 20.3 Å². The molecule has 1 N–H and O–H groups in total. The summed E-state index contributed by atoms with van der Waals surface area (Å²) in [6.07, 6.45) is 18.3. The summed E-state index contributed by atoms with van der Waals surface area (Å²) in [4.78, 5) is 10.3. The quantitative estimate of drug-likeness (QED) is 0.314. The van der Waals surface area contributed by atoms with Crippen LogP contribution in [0.5, 0.6) is 0 Å². The molecule has 0 heterocycles. The van der Waals surface area contributed by atoms with Crippen LogP contribution in [0.3, 0.4) is 0 Å². The predicted octanol–water partition coefficient (Wildman–Crippen LogP) is 2.44. The third-order valence-corrected chi connectivity index (χ3v) is 3.15. The van der Waals surface area contributed by atoms with E-state index in [1.807, 2.05) is 0 Å². The molecule has 0 aromatic heterocycles. The van der Waals surface area contributed by atoms with Gasteiger partial charge in [-0.3, -0.25) is 4.79 Å². The molecule has 0 saturated carbocycles. The van der Waals surface area contributed by atoms with Crippen LogP contribution in [0, 0.1) is 0 Å². The minimum atomic E-state index is -0.666. The van der Waals surface area contributed by atoms with Crippen molar-refractivity contribution in [3.05, 3.63) is 12.2 Å². The predicted molar refractivity (Wildman–Crippen MR) is 79.0 cm³/mol. The third kappa shape index (κ3) is 20.3. The summed E-state index contributed by atoms with van der Waals surface area (Å²) in [6.45, 7) is 2.24. The Labute approximate surface area is 132 Å². The zero-order chi connectivity index (χ0) is 13.5. The van der Waals surface area contributed by atoms with Crippen LogP contribution in [0.4, 0.5) is 0 Å². The van der Waals surface area contributed by atoms with Gasteiger partial charge in [0.1, 0.15) is 0 Å². The zero-order valence-electron chi connectivity index (χ0n) is 14.0. The fraction of sp³-hybridized carbons (Fsp3) is 0.812. The van der Waals surface area contributed by atoms with Gasteiger partial charge in [-0.1, -0.05) is 57.6 Å². The maximum absolute atomic E-state index is 10.3. The van der Waals surface area contributed by atoms with Crippen molar-refractivity contribution in [2.75, 3.05) is 0 Å². The Morgan fingerprint density at radius 3 is 1.89 bits per heavy atom. The van der Waals surface area contributed by atoms with Gasteiger partial charge in [0, 0.05) is 6.42 Å². The number of rotatable bonds is 13. The summed E-state index contributed by atoms with van der Waals surface area (Å²) in [5, 5.41) is 8.48. The molecule has 0 aliphatic carbocycles. The first-order valence-electron chi connectivity index (χ1n) is 7.64. The summed E-state index contributed by atoms with van der Waals surface area (Å²) in [6, 6.07) is 0. The molecule has 3 heteroatoms. The molecule has 108 valence electrons. The molecule has 0 fully saturated rings. The van der Waals surface area contributed by atoms with Crippen LogP contribution >= 0.6 is 0 Å². The van der Waals surface area contributed by atoms with Crippen molar-refractivity contribution in [1.29, 1.82) is 0 Å². The molecular weight excluding hydrogens is 231 g/mol. The van der Waals surface area contributed by atoms with Gasteiger partial charge in [-0.2, -0.15) is 0 Å². The molecule has 2 nitrogen and oxygen atoms in total. The van der Waals surface area contributed by atoms with E-state index in [1.165, 1.54) is 57.8 Å². The average Bonchev–Trinajstić information content (AvgIpc) is 2.34. The van der Waals surface area contributed by atoms with E-state index in [0.29, 0.717) is 6.42 Å².